The Hall–Kier alpha value is -1.31. The summed E-state index contributed by atoms with van der Waals surface area (Å²) in [5.74, 6) is -0.200. The predicted octanol–water partition coefficient (Wildman–Crippen LogP) is 2.62. The van der Waals surface area contributed by atoms with Crippen LogP contribution in [-0.4, -0.2) is 13.1 Å². The lowest BCUT2D eigenvalue weighted by Crippen LogP contribution is -2.16. The number of ether oxygens (including phenoxy) is 1. The summed E-state index contributed by atoms with van der Waals surface area (Å²) < 4.78 is 4.85. The van der Waals surface area contributed by atoms with Gasteiger partial charge in [-0.25, -0.2) is 0 Å². The number of carbonyl (C=O) groups is 1. The second-order valence-electron chi connectivity index (χ2n) is 4.75. The van der Waals surface area contributed by atoms with Crippen molar-refractivity contribution in [3.8, 4) is 0 Å². The van der Waals surface area contributed by atoms with Crippen LogP contribution in [-0.2, 0) is 14.9 Å². The second-order valence-corrected chi connectivity index (χ2v) is 4.75. The van der Waals surface area contributed by atoms with E-state index in [9.17, 15) is 4.79 Å². The van der Waals surface area contributed by atoms with Gasteiger partial charge in [0.2, 0.25) is 0 Å². The Morgan fingerprint density at radius 2 is 2.07 bits per heavy atom. The fraction of sp³-hybridized carbons (Fsp3) is 0.462. The lowest BCUT2D eigenvalue weighted by atomic mass is 9.86. The molecule has 2 nitrogen and oxygen atoms in total. The average molecular weight is 204 g/mol. The lowest BCUT2D eigenvalue weighted by molar-refractivity contribution is -0.142. The van der Waals surface area contributed by atoms with Gasteiger partial charge in [0.1, 0.15) is 0 Å². The van der Waals surface area contributed by atoms with Gasteiger partial charge in [-0.3, -0.25) is 4.79 Å². The number of carbonyl (C=O) groups excluding carboxylic acids is 1. The van der Waals surface area contributed by atoms with Crippen LogP contribution in [0.1, 0.15) is 37.3 Å². The summed E-state index contributed by atoms with van der Waals surface area (Å²) in [5.41, 5.74) is 2.49. The number of rotatable bonds is 1. The van der Waals surface area contributed by atoms with Crippen LogP contribution in [0.15, 0.2) is 24.3 Å². The van der Waals surface area contributed by atoms with Crippen LogP contribution < -0.4 is 0 Å². The Morgan fingerprint density at radius 1 is 1.40 bits per heavy atom. The van der Waals surface area contributed by atoms with Crippen molar-refractivity contribution in [1.29, 1.82) is 0 Å². The van der Waals surface area contributed by atoms with Gasteiger partial charge in [-0.05, 0) is 23.0 Å². The van der Waals surface area contributed by atoms with E-state index in [1.54, 1.807) is 0 Å². The van der Waals surface area contributed by atoms with Gasteiger partial charge in [0.15, 0.2) is 0 Å². The number of fused-ring (bicyclic) bond motifs is 1. The smallest absolute Gasteiger partial charge is 0.313 e. The molecule has 2 rings (SSSR count). The summed E-state index contributed by atoms with van der Waals surface area (Å²) in [6.45, 7) is 4.35. The highest BCUT2D eigenvalue weighted by molar-refractivity contribution is 5.80. The van der Waals surface area contributed by atoms with Gasteiger partial charge in [-0.2, -0.15) is 0 Å². The topological polar surface area (TPSA) is 26.3 Å². The van der Waals surface area contributed by atoms with Gasteiger partial charge in [0, 0.05) is 0 Å². The van der Waals surface area contributed by atoms with Crippen molar-refractivity contribution in [3.63, 3.8) is 0 Å². The highest BCUT2D eigenvalue weighted by Crippen LogP contribution is 2.45. The molecule has 0 saturated heterocycles. The van der Waals surface area contributed by atoms with Gasteiger partial charge < -0.3 is 4.74 Å². The molecule has 0 N–H and O–H groups in total. The van der Waals surface area contributed by atoms with Crippen molar-refractivity contribution in [2.75, 3.05) is 7.11 Å². The summed E-state index contributed by atoms with van der Waals surface area (Å²) in [6.07, 6.45) is 0.846. The Bertz CT molecular complexity index is 393. The number of methoxy groups -OCH3 is 1. The molecular formula is C13H16O2. The lowest BCUT2D eigenvalue weighted by Gasteiger charge is -2.18. The zero-order valence-electron chi connectivity index (χ0n) is 9.41. The molecule has 1 aromatic rings. The first kappa shape index (κ1) is 10.2. The third kappa shape index (κ3) is 1.54. The van der Waals surface area contributed by atoms with E-state index in [0.29, 0.717) is 0 Å². The molecule has 1 aliphatic rings. The van der Waals surface area contributed by atoms with E-state index < -0.39 is 0 Å². The molecule has 0 bridgehead atoms. The molecule has 0 fully saturated rings. The molecule has 1 aliphatic carbocycles. The Kier molecular flexibility index (Phi) is 2.29. The molecular weight excluding hydrogens is 188 g/mol. The summed E-state index contributed by atoms with van der Waals surface area (Å²) in [7, 11) is 1.45. The number of esters is 1. The maximum Gasteiger partial charge on any atom is 0.313 e. The Labute approximate surface area is 90.3 Å². The minimum Gasteiger partial charge on any atom is -0.469 e. The summed E-state index contributed by atoms with van der Waals surface area (Å²) >= 11 is 0. The molecule has 0 spiro atoms. The predicted molar refractivity (Wildman–Crippen MR) is 58.8 cm³/mol. The molecule has 80 valence electrons. The van der Waals surface area contributed by atoms with Gasteiger partial charge in [-0.1, -0.05) is 38.1 Å². The third-order valence-corrected chi connectivity index (χ3v) is 3.27. The van der Waals surface area contributed by atoms with Crippen molar-refractivity contribution in [1.82, 2.24) is 0 Å². The van der Waals surface area contributed by atoms with E-state index >= 15 is 0 Å². The molecule has 0 heterocycles. The SMILES string of the molecule is COC(=O)C1CC(C)(C)c2ccccc21. The number of hydrogen-bond acceptors (Lipinski definition) is 2. The van der Waals surface area contributed by atoms with E-state index in [-0.39, 0.29) is 17.3 Å². The molecule has 0 aliphatic heterocycles. The minimum absolute atomic E-state index is 0.0788. The monoisotopic (exact) mass is 204 g/mol. The normalized spacial score (nSPS) is 22.2. The van der Waals surface area contributed by atoms with Gasteiger partial charge in [-0.15, -0.1) is 0 Å². The van der Waals surface area contributed by atoms with Crippen LogP contribution in [0.2, 0.25) is 0 Å². The second kappa shape index (κ2) is 3.37. The first-order valence-electron chi connectivity index (χ1n) is 5.23. The summed E-state index contributed by atoms with van der Waals surface area (Å²) in [5, 5.41) is 0. The van der Waals surface area contributed by atoms with Crippen LogP contribution in [0, 0.1) is 0 Å². The molecule has 1 unspecified atom stereocenters. The molecule has 2 heteroatoms. The zero-order valence-corrected chi connectivity index (χ0v) is 9.41. The molecule has 0 aromatic heterocycles. The third-order valence-electron chi connectivity index (χ3n) is 3.27. The van der Waals surface area contributed by atoms with Crippen molar-refractivity contribution < 1.29 is 9.53 Å². The van der Waals surface area contributed by atoms with Crippen LogP contribution in [0.4, 0.5) is 0 Å². The summed E-state index contributed by atoms with van der Waals surface area (Å²) in [6, 6.07) is 8.15. The largest absolute Gasteiger partial charge is 0.469 e. The fourth-order valence-electron chi connectivity index (χ4n) is 2.50. The van der Waals surface area contributed by atoms with Crippen LogP contribution >= 0.6 is 0 Å². The van der Waals surface area contributed by atoms with E-state index in [1.807, 2.05) is 18.2 Å². The average Bonchev–Trinajstić information content (AvgIpc) is 2.51. The number of hydrogen-bond donors (Lipinski definition) is 0. The van der Waals surface area contributed by atoms with E-state index in [0.717, 1.165) is 12.0 Å². The van der Waals surface area contributed by atoms with Crippen molar-refractivity contribution >= 4 is 5.97 Å². The maximum atomic E-state index is 11.6. The Balaban J connectivity index is 2.47. The van der Waals surface area contributed by atoms with Crippen LogP contribution in [0.3, 0.4) is 0 Å². The van der Waals surface area contributed by atoms with Crippen molar-refractivity contribution in [3.05, 3.63) is 35.4 Å². The van der Waals surface area contributed by atoms with E-state index in [1.165, 1.54) is 12.7 Å². The first-order valence-corrected chi connectivity index (χ1v) is 5.23. The van der Waals surface area contributed by atoms with Crippen molar-refractivity contribution in [2.24, 2.45) is 0 Å². The van der Waals surface area contributed by atoms with E-state index in [4.69, 9.17) is 4.74 Å². The van der Waals surface area contributed by atoms with Crippen LogP contribution in [0.5, 0.6) is 0 Å². The fourth-order valence-corrected chi connectivity index (χ4v) is 2.50. The highest BCUT2D eigenvalue weighted by Gasteiger charge is 2.40. The highest BCUT2D eigenvalue weighted by atomic mass is 16.5. The standard InChI is InChI=1S/C13H16O2/c1-13(2)8-10(12(14)15-3)9-6-4-5-7-11(9)13/h4-7,10H,8H2,1-3H3. The molecule has 15 heavy (non-hydrogen) atoms. The maximum absolute atomic E-state index is 11.6. The van der Waals surface area contributed by atoms with Crippen molar-refractivity contribution in [2.45, 2.75) is 31.6 Å². The molecule has 0 radical (unpaired) electrons. The van der Waals surface area contributed by atoms with Gasteiger partial charge >= 0.3 is 5.97 Å². The molecule has 1 aromatic carbocycles. The van der Waals surface area contributed by atoms with Crippen LogP contribution in [0.25, 0.3) is 0 Å². The first-order chi connectivity index (χ1) is 7.06. The quantitative estimate of drug-likeness (QED) is 0.657. The molecule has 0 saturated carbocycles. The number of benzene rings is 1. The van der Waals surface area contributed by atoms with E-state index in [2.05, 4.69) is 19.9 Å². The molecule has 0 amide bonds. The van der Waals surface area contributed by atoms with Gasteiger partial charge in [0.25, 0.3) is 0 Å². The minimum atomic E-state index is -0.118. The summed E-state index contributed by atoms with van der Waals surface area (Å²) in [4.78, 5) is 11.6. The van der Waals surface area contributed by atoms with Gasteiger partial charge in [0.05, 0.1) is 13.0 Å². The zero-order chi connectivity index (χ0) is 11.1. The Morgan fingerprint density at radius 3 is 2.73 bits per heavy atom. The molecule has 1 atom stereocenters.